The molecule has 0 unspecified atom stereocenters. The number of hydrogen-bond acceptors (Lipinski definition) is 3. The number of benzene rings is 1. The van der Waals surface area contributed by atoms with Gasteiger partial charge in [0, 0.05) is 12.7 Å². The zero-order valence-corrected chi connectivity index (χ0v) is 11.2. The lowest BCUT2D eigenvalue weighted by Crippen LogP contribution is -2.05. The third kappa shape index (κ3) is 3.70. The van der Waals surface area contributed by atoms with Crippen LogP contribution in [0.1, 0.15) is 17.5 Å². The first-order chi connectivity index (χ1) is 9.31. The molecule has 2 rings (SSSR count). The monoisotopic (exact) mass is 271 g/mol. The van der Waals surface area contributed by atoms with Crippen LogP contribution in [0, 0.1) is 11.3 Å². The highest BCUT2D eigenvalue weighted by molar-refractivity contribution is 6.34. The van der Waals surface area contributed by atoms with E-state index in [4.69, 9.17) is 16.9 Å². The molecule has 0 aliphatic carbocycles. The largest absolute Gasteiger partial charge is 0.369 e. The van der Waals surface area contributed by atoms with Crippen molar-refractivity contribution in [3.8, 4) is 6.07 Å². The molecule has 0 aliphatic heterocycles. The molecule has 0 fully saturated rings. The lowest BCUT2D eigenvalue weighted by atomic mass is 10.1. The van der Waals surface area contributed by atoms with Gasteiger partial charge in [-0.1, -0.05) is 41.9 Å². The molecule has 2 aromatic rings. The second-order valence-electron chi connectivity index (χ2n) is 4.15. The number of anilines is 1. The Hall–Kier alpha value is -2.05. The van der Waals surface area contributed by atoms with Gasteiger partial charge in [0.2, 0.25) is 0 Å². The normalized spacial score (nSPS) is 9.89. The zero-order valence-electron chi connectivity index (χ0n) is 10.4. The number of pyridine rings is 1. The quantitative estimate of drug-likeness (QED) is 0.845. The van der Waals surface area contributed by atoms with E-state index >= 15 is 0 Å². The van der Waals surface area contributed by atoms with Crippen LogP contribution in [0.15, 0.2) is 42.6 Å². The number of hydrogen-bond donors (Lipinski definition) is 1. The van der Waals surface area contributed by atoms with Crippen LogP contribution in [-0.4, -0.2) is 11.5 Å². The first-order valence-corrected chi connectivity index (χ1v) is 6.51. The van der Waals surface area contributed by atoms with Gasteiger partial charge in [0.1, 0.15) is 16.9 Å². The zero-order chi connectivity index (χ0) is 13.5. The van der Waals surface area contributed by atoms with Crippen LogP contribution in [-0.2, 0) is 6.42 Å². The molecule has 0 bridgehead atoms. The molecular formula is C15H14ClN3. The van der Waals surface area contributed by atoms with E-state index in [1.807, 2.05) is 24.3 Å². The van der Waals surface area contributed by atoms with E-state index in [0.29, 0.717) is 16.4 Å². The Bertz CT molecular complexity index is 576. The summed E-state index contributed by atoms with van der Waals surface area (Å²) < 4.78 is 0. The minimum Gasteiger partial charge on any atom is -0.369 e. The summed E-state index contributed by atoms with van der Waals surface area (Å²) in [7, 11) is 0. The van der Waals surface area contributed by atoms with E-state index in [1.54, 1.807) is 12.3 Å². The number of aromatic nitrogens is 1. The van der Waals surface area contributed by atoms with Crippen LogP contribution in [0.2, 0.25) is 5.02 Å². The number of nitriles is 1. The summed E-state index contributed by atoms with van der Waals surface area (Å²) in [5.41, 5.74) is 1.76. The lowest BCUT2D eigenvalue weighted by Gasteiger charge is -2.07. The molecule has 1 heterocycles. The van der Waals surface area contributed by atoms with Crippen molar-refractivity contribution in [1.29, 1.82) is 5.26 Å². The molecule has 0 aliphatic rings. The maximum Gasteiger partial charge on any atom is 0.146 e. The fraction of sp³-hybridized carbons (Fsp3) is 0.200. The highest BCUT2D eigenvalue weighted by Crippen LogP contribution is 2.22. The van der Waals surface area contributed by atoms with E-state index in [1.165, 1.54) is 5.56 Å². The molecule has 96 valence electrons. The summed E-state index contributed by atoms with van der Waals surface area (Å²) in [5.74, 6) is 0.578. The Morgan fingerprint density at radius 1 is 1.21 bits per heavy atom. The van der Waals surface area contributed by atoms with E-state index in [-0.39, 0.29) is 0 Å². The second kappa shape index (κ2) is 6.77. The summed E-state index contributed by atoms with van der Waals surface area (Å²) >= 11 is 6.06. The van der Waals surface area contributed by atoms with E-state index < -0.39 is 0 Å². The van der Waals surface area contributed by atoms with E-state index in [2.05, 4.69) is 22.4 Å². The SMILES string of the molecule is N#Cc1ccnc(NCCCc2ccccc2)c1Cl. The summed E-state index contributed by atoms with van der Waals surface area (Å²) in [4.78, 5) is 4.14. The van der Waals surface area contributed by atoms with Crippen LogP contribution in [0.5, 0.6) is 0 Å². The van der Waals surface area contributed by atoms with Crippen molar-refractivity contribution >= 4 is 17.4 Å². The Morgan fingerprint density at radius 3 is 2.74 bits per heavy atom. The second-order valence-corrected chi connectivity index (χ2v) is 4.53. The van der Waals surface area contributed by atoms with Crippen LogP contribution in [0.3, 0.4) is 0 Å². The molecule has 0 atom stereocenters. The molecule has 1 aromatic heterocycles. The highest BCUT2D eigenvalue weighted by atomic mass is 35.5. The summed E-state index contributed by atoms with van der Waals surface area (Å²) in [6.07, 6.45) is 3.58. The molecule has 19 heavy (non-hydrogen) atoms. The van der Waals surface area contributed by atoms with Crippen molar-refractivity contribution in [1.82, 2.24) is 4.98 Å². The van der Waals surface area contributed by atoms with Gasteiger partial charge in [0.05, 0.1) is 5.56 Å². The van der Waals surface area contributed by atoms with Crippen molar-refractivity contribution < 1.29 is 0 Å². The van der Waals surface area contributed by atoms with Gasteiger partial charge in [-0.05, 0) is 24.5 Å². The minimum absolute atomic E-state index is 0.393. The van der Waals surface area contributed by atoms with E-state index in [0.717, 1.165) is 19.4 Å². The van der Waals surface area contributed by atoms with Crippen molar-refractivity contribution in [2.75, 3.05) is 11.9 Å². The number of nitrogens with zero attached hydrogens (tertiary/aromatic N) is 2. The fourth-order valence-corrected chi connectivity index (χ4v) is 2.02. The lowest BCUT2D eigenvalue weighted by molar-refractivity contribution is 0.859. The molecule has 0 amide bonds. The summed E-state index contributed by atoms with van der Waals surface area (Å²) in [5, 5.41) is 12.4. The average molecular weight is 272 g/mol. The van der Waals surface area contributed by atoms with Crippen molar-refractivity contribution in [3.63, 3.8) is 0 Å². The van der Waals surface area contributed by atoms with Crippen LogP contribution in [0.4, 0.5) is 5.82 Å². The molecular weight excluding hydrogens is 258 g/mol. The van der Waals surface area contributed by atoms with Gasteiger partial charge in [-0.2, -0.15) is 5.26 Å². The highest BCUT2D eigenvalue weighted by Gasteiger charge is 2.05. The maximum atomic E-state index is 8.87. The molecule has 0 radical (unpaired) electrons. The Morgan fingerprint density at radius 2 is 2.00 bits per heavy atom. The van der Waals surface area contributed by atoms with Crippen molar-refractivity contribution in [2.24, 2.45) is 0 Å². The molecule has 1 aromatic carbocycles. The Kier molecular flexibility index (Phi) is 4.77. The topological polar surface area (TPSA) is 48.7 Å². The first-order valence-electron chi connectivity index (χ1n) is 6.13. The van der Waals surface area contributed by atoms with E-state index in [9.17, 15) is 0 Å². The number of aryl methyl sites for hydroxylation is 1. The Labute approximate surface area is 117 Å². The van der Waals surface area contributed by atoms with Crippen molar-refractivity contribution in [3.05, 3.63) is 58.7 Å². The maximum absolute atomic E-state index is 8.87. The van der Waals surface area contributed by atoms with Gasteiger partial charge < -0.3 is 5.32 Å². The van der Waals surface area contributed by atoms with Crippen molar-refractivity contribution in [2.45, 2.75) is 12.8 Å². The van der Waals surface area contributed by atoms with Crippen LogP contribution < -0.4 is 5.32 Å². The van der Waals surface area contributed by atoms with Gasteiger partial charge >= 0.3 is 0 Å². The fourth-order valence-electron chi connectivity index (χ4n) is 1.80. The summed E-state index contributed by atoms with van der Waals surface area (Å²) in [6, 6.07) is 14.0. The average Bonchev–Trinajstić information content (AvgIpc) is 2.46. The smallest absolute Gasteiger partial charge is 0.146 e. The predicted octanol–water partition coefficient (Wildman–Crippen LogP) is 3.65. The number of nitrogens with one attached hydrogen (secondary N) is 1. The number of halogens is 1. The predicted molar refractivity (Wildman–Crippen MR) is 77.2 cm³/mol. The van der Waals surface area contributed by atoms with Gasteiger partial charge in [-0.3, -0.25) is 0 Å². The van der Waals surface area contributed by atoms with Gasteiger partial charge in [0.15, 0.2) is 0 Å². The van der Waals surface area contributed by atoms with Gasteiger partial charge in [0.25, 0.3) is 0 Å². The molecule has 0 saturated carbocycles. The standard InChI is InChI=1S/C15H14ClN3/c16-14-13(11-17)8-10-19-15(14)18-9-4-7-12-5-2-1-3-6-12/h1-3,5-6,8,10H,4,7,9H2,(H,18,19). The first kappa shape index (κ1) is 13.4. The number of rotatable bonds is 5. The van der Waals surface area contributed by atoms with Gasteiger partial charge in [-0.25, -0.2) is 4.98 Å². The third-order valence-corrected chi connectivity index (χ3v) is 3.17. The van der Waals surface area contributed by atoms with Gasteiger partial charge in [-0.15, -0.1) is 0 Å². The van der Waals surface area contributed by atoms with Crippen LogP contribution >= 0.6 is 11.6 Å². The molecule has 0 saturated heterocycles. The Balaban J connectivity index is 1.85. The summed E-state index contributed by atoms with van der Waals surface area (Å²) in [6.45, 7) is 0.774. The molecule has 4 heteroatoms. The molecule has 3 nitrogen and oxygen atoms in total. The third-order valence-electron chi connectivity index (χ3n) is 2.79. The molecule has 1 N–H and O–H groups in total. The minimum atomic E-state index is 0.393. The van der Waals surface area contributed by atoms with Crippen LogP contribution in [0.25, 0.3) is 0 Å². The molecule has 0 spiro atoms.